The summed E-state index contributed by atoms with van der Waals surface area (Å²) in [4.78, 5) is 0. The lowest BCUT2D eigenvalue weighted by Crippen LogP contribution is -2.31. The van der Waals surface area contributed by atoms with Gasteiger partial charge in [-0.15, -0.1) is 0 Å². The molecule has 2 atom stereocenters. The lowest BCUT2D eigenvalue weighted by molar-refractivity contribution is -0.0435. The molecule has 1 rings (SSSR count). The average molecular weight is 351 g/mol. The van der Waals surface area contributed by atoms with Gasteiger partial charge in [-0.25, -0.2) is 4.21 Å². The van der Waals surface area contributed by atoms with Gasteiger partial charge in [0.05, 0.1) is 5.25 Å². The first-order valence-corrected chi connectivity index (χ1v) is 9.69. The summed E-state index contributed by atoms with van der Waals surface area (Å²) in [6, 6.07) is 0. The van der Waals surface area contributed by atoms with Crippen LogP contribution in [0.1, 0.15) is 46.0 Å². The molecule has 1 N–H and O–H groups in total. The summed E-state index contributed by atoms with van der Waals surface area (Å²) < 4.78 is 82.2. The fourth-order valence-electron chi connectivity index (χ4n) is 2.54. The Balaban J connectivity index is 2.90. The number of rotatable bonds is 4. The van der Waals surface area contributed by atoms with Crippen LogP contribution in [0.2, 0.25) is 0 Å². The van der Waals surface area contributed by atoms with Crippen molar-refractivity contribution in [2.24, 2.45) is 15.6 Å². The summed E-state index contributed by atoms with van der Waals surface area (Å²) in [5.74, 6) is 0.775. The standard InChI is InChI=1S/C11H20F3NO4S2/c1-3-8(2)9-4-6-10(7-5-9)20(16,17)15-21(18,19)11(12,13)14/h8-10H,3-7H2,1-2H3,(H,15,16,17). The average Bonchev–Trinajstić information content (AvgIpc) is 2.35. The van der Waals surface area contributed by atoms with Crippen LogP contribution in [-0.4, -0.2) is 27.9 Å². The van der Waals surface area contributed by atoms with Crippen molar-refractivity contribution in [1.29, 1.82) is 0 Å². The van der Waals surface area contributed by atoms with E-state index in [1.54, 1.807) is 0 Å². The molecule has 2 unspecified atom stereocenters. The zero-order chi connectivity index (χ0) is 16.5. The van der Waals surface area contributed by atoms with Crippen LogP contribution < -0.4 is 0 Å². The largest absolute Gasteiger partial charge is 0.519 e. The van der Waals surface area contributed by atoms with E-state index in [2.05, 4.69) is 10.7 Å². The molecule has 0 aromatic rings. The number of alkyl halides is 3. The second-order valence-corrected chi connectivity index (χ2v) is 9.21. The molecule has 0 bridgehead atoms. The van der Waals surface area contributed by atoms with Crippen LogP contribution in [-0.2, 0) is 20.0 Å². The third-order valence-corrected chi connectivity index (χ3v) is 7.66. The molecular formula is C11H20F3NO4S2. The molecule has 5 nitrogen and oxygen atoms in total. The van der Waals surface area contributed by atoms with Gasteiger partial charge in [-0.1, -0.05) is 24.0 Å². The second kappa shape index (κ2) is 6.41. The second-order valence-electron chi connectivity index (χ2n) is 5.46. The van der Waals surface area contributed by atoms with Crippen molar-refractivity contribution in [1.82, 2.24) is 0 Å². The first kappa shape index (κ1) is 18.7. The Morgan fingerprint density at radius 2 is 1.67 bits per heavy atom. The van der Waals surface area contributed by atoms with Crippen molar-refractivity contribution in [2.75, 3.05) is 0 Å². The number of halogens is 3. The van der Waals surface area contributed by atoms with Crippen molar-refractivity contribution >= 4 is 20.0 Å². The van der Waals surface area contributed by atoms with Crippen LogP contribution in [0.15, 0.2) is 3.77 Å². The van der Waals surface area contributed by atoms with Gasteiger partial charge in [-0.05, 0) is 37.5 Å². The minimum absolute atomic E-state index is 0.210. The minimum Gasteiger partial charge on any atom is -0.299 e. The molecule has 0 aromatic carbocycles. The highest BCUT2D eigenvalue weighted by Gasteiger charge is 2.48. The van der Waals surface area contributed by atoms with E-state index in [0.717, 1.165) is 6.42 Å². The van der Waals surface area contributed by atoms with Gasteiger partial charge in [0.1, 0.15) is 0 Å². The van der Waals surface area contributed by atoms with Crippen molar-refractivity contribution in [3.63, 3.8) is 0 Å². The molecule has 10 heteroatoms. The van der Waals surface area contributed by atoms with Gasteiger partial charge >= 0.3 is 15.5 Å². The van der Waals surface area contributed by atoms with Crippen LogP contribution in [0.5, 0.6) is 0 Å². The molecule has 0 spiro atoms. The topological polar surface area (TPSA) is 83.8 Å². The molecule has 1 aliphatic rings. The molecule has 21 heavy (non-hydrogen) atoms. The van der Waals surface area contributed by atoms with Crippen LogP contribution in [0.3, 0.4) is 0 Å². The molecule has 1 aliphatic carbocycles. The molecule has 0 aliphatic heterocycles. The van der Waals surface area contributed by atoms with E-state index < -0.39 is 30.8 Å². The summed E-state index contributed by atoms with van der Waals surface area (Å²) in [6.45, 7) is 4.08. The normalized spacial score (nSPS) is 28.7. The first-order chi connectivity index (χ1) is 9.40. The van der Waals surface area contributed by atoms with Crippen molar-refractivity contribution in [2.45, 2.75) is 56.7 Å². The number of sulfonamides is 1. The smallest absolute Gasteiger partial charge is 0.299 e. The molecule has 0 aromatic heterocycles. The zero-order valence-corrected chi connectivity index (χ0v) is 13.5. The predicted molar refractivity (Wildman–Crippen MR) is 73.4 cm³/mol. The highest BCUT2D eigenvalue weighted by atomic mass is 32.3. The van der Waals surface area contributed by atoms with E-state index in [1.165, 1.54) is 0 Å². The van der Waals surface area contributed by atoms with E-state index >= 15 is 0 Å². The lowest BCUT2D eigenvalue weighted by atomic mass is 9.80. The quantitative estimate of drug-likeness (QED) is 0.841. The number of nitrogens with zero attached hydrogens (tertiary/aromatic N) is 1. The van der Waals surface area contributed by atoms with E-state index in [1.807, 2.05) is 6.92 Å². The Labute approximate surface area is 123 Å². The molecule has 0 amide bonds. The molecule has 0 radical (unpaired) electrons. The van der Waals surface area contributed by atoms with E-state index in [4.69, 9.17) is 0 Å². The van der Waals surface area contributed by atoms with Crippen LogP contribution in [0, 0.1) is 11.8 Å². The van der Waals surface area contributed by atoms with E-state index in [9.17, 15) is 30.4 Å². The Morgan fingerprint density at radius 1 is 1.19 bits per heavy atom. The number of hydrogen-bond acceptors (Lipinski definition) is 3. The third-order valence-electron chi connectivity index (χ3n) is 4.10. The molecule has 1 saturated carbocycles. The Morgan fingerprint density at radius 3 is 2.05 bits per heavy atom. The van der Waals surface area contributed by atoms with Crippen molar-refractivity contribution in [3.8, 4) is 0 Å². The summed E-state index contributed by atoms with van der Waals surface area (Å²) >= 11 is 0. The minimum atomic E-state index is -5.94. The Bertz CT molecular complexity index is 571. The Hall–Kier alpha value is -0.350. The fraction of sp³-hybridized carbons (Fsp3) is 1.00. The highest BCUT2D eigenvalue weighted by Crippen LogP contribution is 2.35. The number of hydrogen-bond donors (Lipinski definition) is 1. The monoisotopic (exact) mass is 351 g/mol. The summed E-state index contributed by atoms with van der Waals surface area (Å²) in [7, 11) is -10.4. The van der Waals surface area contributed by atoms with Crippen LogP contribution >= 0.6 is 0 Å². The predicted octanol–water partition coefficient (Wildman–Crippen LogP) is 3.38. The zero-order valence-electron chi connectivity index (χ0n) is 11.8. The highest BCUT2D eigenvalue weighted by molar-refractivity contribution is 8.01. The molecule has 0 heterocycles. The van der Waals surface area contributed by atoms with Gasteiger partial charge in [-0.3, -0.25) is 4.55 Å². The molecule has 1 fully saturated rings. The molecule has 126 valence electrons. The summed E-state index contributed by atoms with van der Waals surface area (Å²) in [6.07, 6.45) is 2.57. The van der Waals surface area contributed by atoms with Gasteiger partial charge in [-0.2, -0.15) is 21.6 Å². The maximum Gasteiger partial charge on any atom is 0.519 e. The van der Waals surface area contributed by atoms with Gasteiger partial charge in [0.25, 0.3) is 0 Å². The first-order valence-electron chi connectivity index (χ1n) is 6.71. The van der Waals surface area contributed by atoms with E-state index in [0.29, 0.717) is 24.7 Å². The van der Waals surface area contributed by atoms with Crippen LogP contribution in [0.4, 0.5) is 13.2 Å². The van der Waals surface area contributed by atoms with Gasteiger partial charge in [0.15, 0.2) is 10.0 Å². The SMILES string of the molecule is CCC(C)C1CCC(S(=O)(O)=NS(=O)(=O)C(F)(F)F)CC1. The third kappa shape index (κ3) is 4.56. The molecule has 0 saturated heterocycles. The maximum atomic E-state index is 12.2. The van der Waals surface area contributed by atoms with Gasteiger partial charge < -0.3 is 0 Å². The lowest BCUT2D eigenvalue weighted by Gasteiger charge is -2.31. The maximum absolute atomic E-state index is 12.2. The molecular weight excluding hydrogens is 331 g/mol. The van der Waals surface area contributed by atoms with E-state index in [-0.39, 0.29) is 12.8 Å². The Kier molecular flexibility index (Phi) is 5.71. The van der Waals surface area contributed by atoms with Gasteiger partial charge in [0, 0.05) is 0 Å². The fourth-order valence-corrected chi connectivity index (χ4v) is 5.38. The van der Waals surface area contributed by atoms with Crippen molar-refractivity contribution < 1.29 is 30.4 Å². The van der Waals surface area contributed by atoms with Crippen molar-refractivity contribution in [3.05, 3.63) is 0 Å². The van der Waals surface area contributed by atoms with Gasteiger partial charge in [0.2, 0.25) is 0 Å². The summed E-state index contributed by atoms with van der Waals surface area (Å²) in [5, 5.41) is -1.03. The van der Waals surface area contributed by atoms with Crippen LogP contribution in [0.25, 0.3) is 0 Å². The summed E-state index contributed by atoms with van der Waals surface area (Å²) in [5.41, 5.74) is -5.65.